The van der Waals surface area contributed by atoms with E-state index >= 15 is 0 Å². The van der Waals surface area contributed by atoms with E-state index in [4.69, 9.17) is 0 Å². The molecule has 0 radical (unpaired) electrons. The molecule has 2 aromatic carbocycles. The van der Waals surface area contributed by atoms with E-state index in [2.05, 4.69) is 36.1 Å². The zero-order chi connectivity index (χ0) is 20.9. The van der Waals surface area contributed by atoms with Crippen molar-refractivity contribution in [1.82, 2.24) is 14.8 Å². The number of rotatable bonds is 8. The van der Waals surface area contributed by atoms with Crippen LogP contribution < -0.4 is 10.0 Å². The highest BCUT2D eigenvalue weighted by Gasteiger charge is 2.13. The summed E-state index contributed by atoms with van der Waals surface area (Å²) in [5.41, 5.74) is 1.67. The smallest absolute Gasteiger partial charge is 0.258 e. The number of nitrogens with zero attached hydrogens (tertiary/aromatic N) is 3. The Hall–Kier alpha value is -2.72. The van der Waals surface area contributed by atoms with Crippen LogP contribution in [0.2, 0.25) is 0 Å². The quantitative estimate of drug-likeness (QED) is 0.516. The van der Waals surface area contributed by atoms with E-state index in [1.165, 1.54) is 12.4 Å². The first kappa shape index (κ1) is 21.0. The molecule has 0 bridgehead atoms. The Bertz CT molecular complexity index is 1100. The third kappa shape index (κ3) is 6.13. The van der Waals surface area contributed by atoms with Gasteiger partial charge in [0.05, 0.1) is 12.3 Å². The molecule has 0 saturated heterocycles. The highest BCUT2D eigenvalue weighted by atomic mass is 79.9. The van der Waals surface area contributed by atoms with Gasteiger partial charge in [-0.05, 0) is 42.3 Å². The maximum Gasteiger partial charge on any atom is 0.258 e. The van der Waals surface area contributed by atoms with Crippen molar-refractivity contribution in [3.63, 3.8) is 0 Å². The first-order valence-electron chi connectivity index (χ1n) is 8.90. The van der Waals surface area contributed by atoms with Gasteiger partial charge in [0.1, 0.15) is 6.33 Å². The Morgan fingerprint density at radius 3 is 2.66 bits per heavy atom. The van der Waals surface area contributed by atoms with Crippen LogP contribution in [-0.2, 0) is 16.6 Å². The number of sulfonamides is 1. The first-order chi connectivity index (χ1) is 13.8. The number of halogens is 1. The number of carbonyl (C=O) groups is 1. The number of hydrogen-bond acceptors (Lipinski definition) is 5. The molecule has 0 aliphatic heterocycles. The monoisotopic (exact) mass is 477 g/mol. The standard InChI is InChI=1S/C19H20BrN5O3S/c1-2-10-29(27,28)24-17-5-3-4-15(11-17)18(26)22-19-21-13-25(23-19)12-14-6-8-16(20)9-7-14/h3-9,11,13,24H,2,10,12H2,1H3,(H,22,23,26). The second-order valence-electron chi connectivity index (χ2n) is 6.35. The van der Waals surface area contributed by atoms with Gasteiger partial charge in [-0.25, -0.2) is 18.1 Å². The van der Waals surface area contributed by atoms with Crippen molar-refractivity contribution >= 4 is 43.5 Å². The van der Waals surface area contributed by atoms with Crippen molar-refractivity contribution in [3.05, 3.63) is 70.5 Å². The van der Waals surface area contributed by atoms with Gasteiger partial charge in [-0.15, -0.1) is 5.10 Å². The molecule has 1 aromatic heterocycles. The van der Waals surface area contributed by atoms with Crippen LogP contribution in [0, 0.1) is 0 Å². The third-order valence-electron chi connectivity index (χ3n) is 3.89. The molecule has 0 saturated carbocycles. The Kier molecular flexibility index (Phi) is 6.65. The average Bonchev–Trinajstić information content (AvgIpc) is 3.10. The van der Waals surface area contributed by atoms with Gasteiger partial charge >= 0.3 is 0 Å². The van der Waals surface area contributed by atoms with Crippen molar-refractivity contribution in [2.24, 2.45) is 0 Å². The molecule has 152 valence electrons. The molecule has 2 N–H and O–H groups in total. The molecule has 1 heterocycles. The number of aromatic nitrogens is 3. The molecule has 10 heteroatoms. The van der Waals surface area contributed by atoms with Crippen LogP contribution >= 0.6 is 15.9 Å². The number of benzene rings is 2. The van der Waals surface area contributed by atoms with E-state index < -0.39 is 15.9 Å². The minimum atomic E-state index is -3.43. The van der Waals surface area contributed by atoms with Crippen LogP contribution in [0.4, 0.5) is 11.6 Å². The molecule has 0 aliphatic carbocycles. The van der Waals surface area contributed by atoms with E-state index in [1.807, 2.05) is 24.3 Å². The Morgan fingerprint density at radius 1 is 1.17 bits per heavy atom. The molecular weight excluding hydrogens is 458 g/mol. The average molecular weight is 478 g/mol. The number of amides is 1. The first-order valence-corrected chi connectivity index (χ1v) is 11.3. The maximum atomic E-state index is 12.5. The largest absolute Gasteiger partial charge is 0.289 e. The Labute approximate surface area is 177 Å². The van der Waals surface area contributed by atoms with Crippen molar-refractivity contribution in [2.75, 3.05) is 15.8 Å². The molecule has 3 aromatic rings. The topological polar surface area (TPSA) is 106 Å². The summed E-state index contributed by atoms with van der Waals surface area (Å²) in [6, 6.07) is 14.1. The lowest BCUT2D eigenvalue weighted by Gasteiger charge is -2.08. The summed E-state index contributed by atoms with van der Waals surface area (Å²) in [6.07, 6.45) is 2.04. The maximum absolute atomic E-state index is 12.5. The molecule has 0 aliphatic rings. The minimum Gasteiger partial charge on any atom is -0.289 e. The van der Waals surface area contributed by atoms with Gasteiger partial charge in [0.2, 0.25) is 16.0 Å². The molecule has 8 nitrogen and oxygen atoms in total. The number of carbonyl (C=O) groups excluding carboxylic acids is 1. The predicted molar refractivity (Wildman–Crippen MR) is 115 cm³/mol. The number of hydrogen-bond donors (Lipinski definition) is 2. The Balaban J connectivity index is 1.65. The summed E-state index contributed by atoms with van der Waals surface area (Å²) in [7, 11) is -3.43. The molecule has 0 fully saturated rings. The lowest BCUT2D eigenvalue weighted by atomic mass is 10.2. The molecule has 0 atom stereocenters. The molecule has 29 heavy (non-hydrogen) atoms. The summed E-state index contributed by atoms with van der Waals surface area (Å²) < 4.78 is 28.9. The zero-order valence-electron chi connectivity index (χ0n) is 15.7. The SMILES string of the molecule is CCCS(=O)(=O)Nc1cccc(C(=O)Nc2ncn(Cc3ccc(Br)cc3)n2)c1. The van der Waals surface area contributed by atoms with Crippen molar-refractivity contribution in [3.8, 4) is 0 Å². The van der Waals surface area contributed by atoms with E-state index in [0.29, 0.717) is 24.2 Å². The summed E-state index contributed by atoms with van der Waals surface area (Å²) in [5.74, 6) is -0.240. The predicted octanol–water partition coefficient (Wildman–Crippen LogP) is 3.49. The molecule has 3 rings (SSSR count). The van der Waals surface area contributed by atoms with Crippen LogP contribution in [0.15, 0.2) is 59.3 Å². The highest BCUT2D eigenvalue weighted by molar-refractivity contribution is 9.10. The van der Waals surface area contributed by atoms with Gasteiger partial charge in [0, 0.05) is 15.7 Å². The van der Waals surface area contributed by atoms with Gasteiger partial charge in [-0.3, -0.25) is 14.8 Å². The highest BCUT2D eigenvalue weighted by Crippen LogP contribution is 2.15. The fourth-order valence-electron chi connectivity index (χ4n) is 2.60. The van der Waals surface area contributed by atoms with E-state index in [9.17, 15) is 13.2 Å². The van der Waals surface area contributed by atoms with Crippen LogP contribution in [-0.4, -0.2) is 34.8 Å². The second kappa shape index (κ2) is 9.19. The van der Waals surface area contributed by atoms with Gasteiger partial charge < -0.3 is 0 Å². The number of anilines is 2. The van der Waals surface area contributed by atoms with E-state index in [-0.39, 0.29) is 11.7 Å². The van der Waals surface area contributed by atoms with E-state index in [0.717, 1.165) is 10.0 Å². The molecule has 1 amide bonds. The zero-order valence-corrected chi connectivity index (χ0v) is 18.1. The van der Waals surface area contributed by atoms with Crippen LogP contribution in [0.25, 0.3) is 0 Å². The summed E-state index contributed by atoms with van der Waals surface area (Å²) >= 11 is 3.39. The fraction of sp³-hybridized carbons (Fsp3) is 0.211. The van der Waals surface area contributed by atoms with Crippen molar-refractivity contribution in [2.45, 2.75) is 19.9 Å². The fourth-order valence-corrected chi connectivity index (χ4v) is 3.99. The lowest BCUT2D eigenvalue weighted by molar-refractivity contribution is 0.102. The van der Waals surface area contributed by atoms with Crippen LogP contribution in [0.3, 0.4) is 0 Å². The van der Waals surface area contributed by atoms with E-state index in [1.54, 1.807) is 29.8 Å². The van der Waals surface area contributed by atoms with Crippen molar-refractivity contribution in [1.29, 1.82) is 0 Å². The normalized spacial score (nSPS) is 11.2. The molecule has 0 spiro atoms. The third-order valence-corrected chi connectivity index (χ3v) is 5.91. The lowest BCUT2D eigenvalue weighted by Crippen LogP contribution is -2.17. The number of nitrogens with one attached hydrogen (secondary N) is 2. The minimum absolute atomic E-state index is 0.0170. The molecule has 0 unspecified atom stereocenters. The summed E-state index contributed by atoms with van der Waals surface area (Å²) in [6.45, 7) is 2.30. The second-order valence-corrected chi connectivity index (χ2v) is 9.11. The van der Waals surface area contributed by atoms with Gasteiger partial charge in [-0.2, -0.15) is 0 Å². The van der Waals surface area contributed by atoms with Crippen molar-refractivity contribution < 1.29 is 13.2 Å². The van der Waals surface area contributed by atoms with Gasteiger partial charge in [0.15, 0.2) is 0 Å². The van der Waals surface area contributed by atoms with Gasteiger partial charge in [-0.1, -0.05) is 41.1 Å². The Morgan fingerprint density at radius 2 is 1.93 bits per heavy atom. The van der Waals surface area contributed by atoms with Gasteiger partial charge in [0.25, 0.3) is 5.91 Å². The summed E-state index contributed by atoms with van der Waals surface area (Å²) in [4.78, 5) is 16.6. The van der Waals surface area contributed by atoms with Crippen LogP contribution in [0.5, 0.6) is 0 Å². The summed E-state index contributed by atoms with van der Waals surface area (Å²) in [5, 5.41) is 6.87. The molecular formula is C19H20BrN5O3S. The van der Waals surface area contributed by atoms with Crippen LogP contribution in [0.1, 0.15) is 29.3 Å².